The molecular weight excluding hydrogens is 1530 g/mol. The number of rotatable bonds is 16. The Kier molecular flexibility index (Phi) is 21.1. The third-order valence-corrected chi connectivity index (χ3v) is 21.4. The van der Waals surface area contributed by atoms with Crippen LogP contribution in [0.15, 0.2) is 365 Å². The SMILES string of the molecule is CCC(CC(C)c1cc(-n2c3ccccc3c3ccccc32)cc(-n2c3ccccc3c3ccccc32)c1)c1ccc(-n2ccnc2-c2[c-]cc(-c3ccccc3)cc2)c(C)c1.Cc1ccccc1-n1ccnc1-c1[c-]cc(-c2ccccc2)cc1.Cc1ccccc1-n1ccnc1-c1[c-]cc(-c2ccccc2)cc1.[Ir+3]. The molecule has 111 heavy (non-hydrogen) atoms. The van der Waals surface area contributed by atoms with Gasteiger partial charge in [0.1, 0.15) is 0 Å². The molecule has 0 N–H and O–H groups in total. The van der Waals surface area contributed by atoms with Crippen LogP contribution in [0.25, 0.3) is 140 Å². The van der Waals surface area contributed by atoms with Crippen molar-refractivity contribution in [3.8, 4) is 96.0 Å². The zero-order valence-corrected chi connectivity index (χ0v) is 65.0. The van der Waals surface area contributed by atoms with E-state index in [0.717, 1.165) is 80.8 Å². The van der Waals surface area contributed by atoms with Crippen LogP contribution in [0.2, 0.25) is 0 Å². The Bertz CT molecular complexity index is 6000. The average molecular weight is 1610 g/mol. The molecule has 0 fully saturated rings. The van der Waals surface area contributed by atoms with E-state index >= 15 is 0 Å². The van der Waals surface area contributed by atoms with Crippen molar-refractivity contribution < 1.29 is 20.1 Å². The summed E-state index contributed by atoms with van der Waals surface area (Å²) in [4.78, 5) is 13.9. The first-order chi connectivity index (χ1) is 54.2. The van der Waals surface area contributed by atoms with Gasteiger partial charge in [-0.2, -0.15) is 0 Å². The van der Waals surface area contributed by atoms with E-state index in [9.17, 15) is 0 Å². The van der Waals surface area contributed by atoms with Crippen LogP contribution in [0.4, 0.5) is 0 Å². The summed E-state index contributed by atoms with van der Waals surface area (Å²) in [6, 6.07) is 127. The van der Waals surface area contributed by atoms with E-state index in [1.165, 1.54) is 99.5 Å². The minimum absolute atomic E-state index is 0. The van der Waals surface area contributed by atoms with Crippen molar-refractivity contribution >= 4 is 43.6 Å². The predicted molar refractivity (Wildman–Crippen MR) is 455 cm³/mol. The first kappa shape index (κ1) is 72.2. The third kappa shape index (κ3) is 14.7. The molecule has 0 aliphatic heterocycles. The smallest absolute Gasteiger partial charge is 0.340 e. The van der Waals surface area contributed by atoms with Crippen LogP contribution in [0.1, 0.15) is 66.3 Å². The number of hydrogen-bond donors (Lipinski definition) is 0. The first-order valence-corrected chi connectivity index (χ1v) is 37.9. The van der Waals surface area contributed by atoms with Crippen LogP contribution in [0, 0.1) is 39.0 Å². The Morgan fingerprint density at radius 3 is 0.982 bits per heavy atom. The number of aryl methyl sites for hydroxylation is 3. The van der Waals surface area contributed by atoms with Gasteiger partial charge < -0.3 is 22.8 Å². The van der Waals surface area contributed by atoms with Crippen LogP contribution in [0.3, 0.4) is 0 Å². The van der Waals surface area contributed by atoms with Crippen molar-refractivity contribution in [1.29, 1.82) is 0 Å². The molecule has 0 radical (unpaired) electrons. The van der Waals surface area contributed by atoms with Crippen molar-refractivity contribution in [3.05, 3.63) is 411 Å². The summed E-state index contributed by atoms with van der Waals surface area (Å²) in [5.41, 5.74) is 27.1. The Labute approximate surface area is 662 Å². The van der Waals surface area contributed by atoms with E-state index < -0.39 is 0 Å². The molecule has 19 aromatic rings. The van der Waals surface area contributed by atoms with Crippen molar-refractivity contribution in [1.82, 2.24) is 37.8 Å². The molecule has 0 saturated heterocycles. The van der Waals surface area contributed by atoms with Gasteiger partial charge in [-0.15, -0.1) is 89.5 Å². The number of hydrogen-bond acceptors (Lipinski definition) is 3. The molecule has 0 aliphatic rings. The van der Waals surface area contributed by atoms with Gasteiger partial charge in [0.2, 0.25) is 0 Å². The molecule has 0 amide bonds. The topological polar surface area (TPSA) is 63.3 Å². The first-order valence-electron chi connectivity index (χ1n) is 37.9. The molecule has 19 rings (SSSR count). The van der Waals surface area contributed by atoms with Gasteiger partial charge in [-0.05, 0) is 134 Å². The number of imidazole rings is 3. The number of fused-ring (bicyclic) bond motifs is 6. The zero-order chi connectivity index (χ0) is 74.4. The van der Waals surface area contributed by atoms with Gasteiger partial charge in [-0.3, -0.25) is 15.0 Å². The van der Waals surface area contributed by atoms with Gasteiger partial charge in [0.15, 0.2) is 0 Å². The molecule has 5 heterocycles. The molecule has 9 heteroatoms. The second-order valence-corrected chi connectivity index (χ2v) is 28.3. The molecule has 538 valence electrons. The number of nitrogens with zero attached hydrogens (tertiary/aromatic N) is 8. The van der Waals surface area contributed by atoms with Crippen LogP contribution in [0.5, 0.6) is 0 Å². The monoisotopic (exact) mass is 1610 g/mol. The number of benzene rings is 14. The maximum Gasteiger partial charge on any atom is 3.00 e. The Balaban J connectivity index is 0.000000155. The fourth-order valence-electron chi connectivity index (χ4n) is 15.7. The summed E-state index contributed by atoms with van der Waals surface area (Å²) in [6.45, 7) is 11.2. The number of para-hydroxylation sites is 6. The standard InChI is InChI=1S/C58H47N4.2C22H17N2.Ir/c1-4-41(45-30-31-53(40(3)35-45)60-33-32-59-58(60)44-28-26-43(27-29-44)42-16-6-5-7-17-42)34-39(2)46-36-47(61-54-22-12-8-18-49(54)50-19-9-13-23-55(50)61)38-48(37-46)62-56-24-14-10-20-51(56)52-21-11-15-25-57(52)62;2*1-17-7-5-6-10-21(17)24-16-15-23-22(24)20-13-11-19(12-14-20)18-8-3-2-4-9-18;/h5-28,30-33,35-39,41H,4,34H2,1-3H3;2*2-13,15-16H,1H3;/q3*-1;+3. The second-order valence-electron chi connectivity index (χ2n) is 28.3. The zero-order valence-electron chi connectivity index (χ0n) is 62.6. The predicted octanol–water partition coefficient (Wildman–Crippen LogP) is 25.8. The van der Waals surface area contributed by atoms with Gasteiger partial charge in [-0.25, -0.2) is 0 Å². The van der Waals surface area contributed by atoms with E-state index in [4.69, 9.17) is 4.98 Å². The maximum atomic E-state index is 4.80. The van der Waals surface area contributed by atoms with E-state index in [2.05, 4.69) is 353 Å². The Morgan fingerprint density at radius 2 is 0.649 bits per heavy atom. The summed E-state index contributed by atoms with van der Waals surface area (Å²) < 4.78 is 11.4. The van der Waals surface area contributed by atoms with Gasteiger partial charge in [0.25, 0.3) is 0 Å². The number of aromatic nitrogens is 8. The second kappa shape index (κ2) is 32.4. The van der Waals surface area contributed by atoms with Gasteiger partial charge >= 0.3 is 20.1 Å². The molecule has 5 aromatic heterocycles. The van der Waals surface area contributed by atoms with E-state index in [1.807, 2.05) is 97.7 Å². The Hall–Kier alpha value is -13.0. The molecule has 0 aliphatic carbocycles. The molecule has 0 spiro atoms. The molecule has 2 atom stereocenters. The van der Waals surface area contributed by atoms with Gasteiger partial charge in [-0.1, -0.05) is 260 Å². The summed E-state index contributed by atoms with van der Waals surface area (Å²) in [5.74, 6) is 3.37. The van der Waals surface area contributed by atoms with Gasteiger partial charge in [0, 0.05) is 87.2 Å². The quantitative estimate of drug-likeness (QED) is 0.0906. The largest absolute Gasteiger partial charge is 3.00 e. The summed E-state index contributed by atoms with van der Waals surface area (Å²) in [6.07, 6.45) is 13.7. The fourth-order valence-corrected chi connectivity index (χ4v) is 15.7. The normalized spacial score (nSPS) is 11.8. The summed E-state index contributed by atoms with van der Waals surface area (Å²) >= 11 is 0. The summed E-state index contributed by atoms with van der Waals surface area (Å²) in [7, 11) is 0. The van der Waals surface area contributed by atoms with Crippen LogP contribution < -0.4 is 0 Å². The molecule has 8 nitrogen and oxygen atoms in total. The summed E-state index contributed by atoms with van der Waals surface area (Å²) in [5, 5.41) is 5.08. The van der Waals surface area contributed by atoms with Crippen molar-refractivity contribution in [3.63, 3.8) is 0 Å². The molecule has 0 bridgehead atoms. The molecule has 0 saturated carbocycles. The minimum atomic E-state index is 0. The van der Waals surface area contributed by atoms with Crippen molar-refractivity contribution in [2.45, 2.75) is 59.3 Å². The third-order valence-electron chi connectivity index (χ3n) is 21.4. The average Bonchev–Trinajstić information content (AvgIpc) is 1.59. The Morgan fingerprint density at radius 1 is 0.315 bits per heavy atom. The van der Waals surface area contributed by atoms with Crippen molar-refractivity contribution in [2.75, 3.05) is 0 Å². The van der Waals surface area contributed by atoms with E-state index in [0.29, 0.717) is 5.92 Å². The maximum absolute atomic E-state index is 4.80. The molecule has 14 aromatic carbocycles. The fraction of sp³-hybridized carbons (Fsp3) is 0.0882. The van der Waals surface area contributed by atoms with Crippen LogP contribution >= 0.6 is 0 Å². The minimum Gasteiger partial charge on any atom is -0.340 e. The van der Waals surface area contributed by atoms with E-state index in [1.54, 1.807) is 0 Å². The van der Waals surface area contributed by atoms with E-state index in [-0.39, 0.29) is 26.0 Å². The molecule has 2 unspecified atom stereocenters. The van der Waals surface area contributed by atoms with Crippen LogP contribution in [-0.4, -0.2) is 37.8 Å². The van der Waals surface area contributed by atoms with Gasteiger partial charge in [0.05, 0.1) is 39.5 Å². The van der Waals surface area contributed by atoms with Crippen molar-refractivity contribution in [2.24, 2.45) is 0 Å². The molecular formula is C102H81IrN8. The van der Waals surface area contributed by atoms with Crippen LogP contribution in [-0.2, 0) is 20.1 Å².